The lowest BCUT2D eigenvalue weighted by atomic mass is 9.88. The van der Waals surface area contributed by atoms with E-state index < -0.39 is 0 Å². The summed E-state index contributed by atoms with van der Waals surface area (Å²) in [5.41, 5.74) is 0. The van der Waals surface area contributed by atoms with E-state index in [1.807, 2.05) is 0 Å². The van der Waals surface area contributed by atoms with Gasteiger partial charge in [-0.25, -0.2) is 0 Å². The Labute approximate surface area is 54.9 Å². The van der Waals surface area contributed by atoms with Crippen LogP contribution in [0.5, 0.6) is 0 Å². The molecule has 9 heavy (non-hydrogen) atoms. The topological polar surface area (TPSA) is 21.6 Å². The van der Waals surface area contributed by atoms with Gasteiger partial charge in [0.15, 0.2) is 0 Å². The van der Waals surface area contributed by atoms with Crippen molar-refractivity contribution in [3.8, 4) is 0 Å². The Kier molecular flexibility index (Phi) is 1.18. The maximum atomic E-state index is 5.07. The van der Waals surface area contributed by atoms with Crippen LogP contribution in [-0.4, -0.2) is 12.3 Å². The number of hydrogen-bond donors (Lipinski definition) is 0. The molecule has 2 aliphatic rings. The molecule has 0 amide bonds. The molecule has 0 saturated heterocycles. The largest absolute Gasteiger partial charge is 0.391 e. The van der Waals surface area contributed by atoms with Crippen LogP contribution >= 0.6 is 0 Å². The fourth-order valence-corrected chi connectivity index (χ4v) is 1.54. The van der Waals surface area contributed by atoms with Crippen molar-refractivity contribution in [1.82, 2.24) is 0 Å². The second-order valence-electron chi connectivity index (χ2n) is 2.76. The summed E-state index contributed by atoms with van der Waals surface area (Å²) >= 11 is 0. The van der Waals surface area contributed by atoms with Gasteiger partial charge >= 0.3 is 0 Å². The van der Waals surface area contributed by atoms with Crippen molar-refractivity contribution in [2.24, 2.45) is 11.1 Å². The monoisotopic (exact) mass is 124 g/mol. The van der Waals surface area contributed by atoms with Crippen LogP contribution in [0.2, 0.25) is 0 Å². The zero-order chi connectivity index (χ0) is 6.10. The normalized spacial score (nSPS) is 40.0. The number of nitrogens with zero attached hydrogens (tertiary/aromatic N) is 1. The molecule has 2 unspecified atom stereocenters. The lowest BCUT2D eigenvalue weighted by molar-refractivity contribution is 0.0397. The van der Waals surface area contributed by atoms with E-state index in [4.69, 9.17) is 4.84 Å². The zero-order valence-corrected chi connectivity index (χ0v) is 5.34. The summed E-state index contributed by atoms with van der Waals surface area (Å²) in [7, 11) is 0. The van der Waals surface area contributed by atoms with E-state index >= 15 is 0 Å². The van der Waals surface area contributed by atoms with Gasteiger partial charge < -0.3 is 4.84 Å². The number of fused-ring (bicyclic) bond motifs is 1. The van der Waals surface area contributed by atoms with Crippen LogP contribution in [0.4, 0.5) is 0 Å². The van der Waals surface area contributed by atoms with E-state index in [-0.39, 0.29) is 0 Å². The molecule has 1 radical (unpaired) electrons. The van der Waals surface area contributed by atoms with Crippen molar-refractivity contribution < 1.29 is 4.84 Å². The van der Waals surface area contributed by atoms with Crippen molar-refractivity contribution in [3.63, 3.8) is 0 Å². The van der Waals surface area contributed by atoms with Crippen molar-refractivity contribution in [3.05, 3.63) is 0 Å². The fraction of sp³-hybridized carbons (Fsp3) is 0.857. The molecule has 1 saturated carbocycles. The Balaban J connectivity index is 2.03. The molecule has 0 bridgehead atoms. The third kappa shape index (κ3) is 0.824. The van der Waals surface area contributed by atoms with Crippen molar-refractivity contribution in [1.29, 1.82) is 0 Å². The zero-order valence-electron chi connectivity index (χ0n) is 5.34. The molecule has 2 atom stereocenters. The van der Waals surface area contributed by atoms with Crippen LogP contribution in [0.3, 0.4) is 0 Å². The smallest absolute Gasteiger partial charge is 0.136 e. The molecule has 0 N–H and O–H groups in total. The van der Waals surface area contributed by atoms with Gasteiger partial charge in [-0.15, -0.1) is 0 Å². The second-order valence-corrected chi connectivity index (χ2v) is 2.76. The third-order valence-electron chi connectivity index (χ3n) is 2.11. The molecule has 0 aromatic heterocycles. The lowest BCUT2D eigenvalue weighted by Gasteiger charge is -2.20. The van der Waals surface area contributed by atoms with E-state index in [2.05, 4.69) is 11.4 Å². The summed E-state index contributed by atoms with van der Waals surface area (Å²) < 4.78 is 0. The average Bonchev–Trinajstić information content (AvgIpc) is 2.33. The number of rotatable bonds is 0. The summed E-state index contributed by atoms with van der Waals surface area (Å²) in [5, 5.41) is 3.68. The Bertz CT molecular complexity index is 133. The first-order valence-corrected chi connectivity index (χ1v) is 3.58. The summed E-state index contributed by atoms with van der Waals surface area (Å²) in [5.74, 6) is 0.527. The van der Waals surface area contributed by atoms with Crippen LogP contribution in [0.15, 0.2) is 5.16 Å². The van der Waals surface area contributed by atoms with E-state index in [0.29, 0.717) is 12.0 Å². The Morgan fingerprint density at radius 2 is 2.22 bits per heavy atom. The minimum absolute atomic E-state index is 0.388. The van der Waals surface area contributed by atoms with Crippen LogP contribution in [0.1, 0.15) is 25.7 Å². The molecule has 2 heteroatoms. The van der Waals surface area contributed by atoms with Crippen molar-refractivity contribution in [2.75, 3.05) is 0 Å². The van der Waals surface area contributed by atoms with Gasteiger partial charge in [-0.2, -0.15) is 0 Å². The van der Waals surface area contributed by atoms with Gasteiger partial charge in [0.25, 0.3) is 0 Å². The first-order valence-electron chi connectivity index (χ1n) is 3.58. The number of hydrogen-bond acceptors (Lipinski definition) is 2. The van der Waals surface area contributed by atoms with Crippen LogP contribution in [0.25, 0.3) is 0 Å². The highest BCUT2D eigenvalue weighted by Crippen LogP contribution is 2.28. The minimum atomic E-state index is 0.388. The van der Waals surface area contributed by atoms with Gasteiger partial charge in [-0.05, 0) is 19.3 Å². The first kappa shape index (κ1) is 5.27. The predicted molar refractivity (Wildman–Crippen MR) is 34.3 cm³/mol. The van der Waals surface area contributed by atoms with E-state index in [1.54, 1.807) is 0 Å². The SMILES string of the molecule is [C]1=NOC2CCCCC12. The molecule has 49 valence electrons. The van der Waals surface area contributed by atoms with E-state index in [0.717, 1.165) is 0 Å². The van der Waals surface area contributed by atoms with Crippen LogP contribution in [0, 0.1) is 5.92 Å². The summed E-state index contributed by atoms with van der Waals surface area (Å²) in [6.45, 7) is 0. The molecule has 0 spiro atoms. The van der Waals surface area contributed by atoms with Gasteiger partial charge in [0, 0.05) is 5.92 Å². The van der Waals surface area contributed by atoms with Gasteiger partial charge in [-0.1, -0.05) is 11.6 Å². The molecule has 1 aliphatic carbocycles. The highest BCUT2D eigenvalue weighted by molar-refractivity contribution is 5.62. The minimum Gasteiger partial charge on any atom is -0.391 e. The van der Waals surface area contributed by atoms with Gasteiger partial charge in [0.05, 0.1) is 0 Å². The fourth-order valence-electron chi connectivity index (χ4n) is 1.54. The molecular weight excluding hydrogens is 114 g/mol. The van der Waals surface area contributed by atoms with Gasteiger partial charge in [-0.3, -0.25) is 0 Å². The Morgan fingerprint density at radius 3 is 3.11 bits per heavy atom. The summed E-state index contributed by atoms with van der Waals surface area (Å²) in [6.07, 6.45) is 8.39. The quantitative estimate of drug-likeness (QED) is 0.478. The van der Waals surface area contributed by atoms with Crippen molar-refractivity contribution in [2.45, 2.75) is 31.8 Å². The highest BCUT2D eigenvalue weighted by Gasteiger charge is 2.29. The van der Waals surface area contributed by atoms with Gasteiger partial charge in [0.2, 0.25) is 0 Å². The first-order chi connectivity index (χ1) is 4.47. The van der Waals surface area contributed by atoms with Crippen molar-refractivity contribution >= 4 is 6.21 Å². The van der Waals surface area contributed by atoms with Gasteiger partial charge in [0.1, 0.15) is 12.3 Å². The lowest BCUT2D eigenvalue weighted by Crippen LogP contribution is -2.22. The Hall–Kier alpha value is -0.530. The van der Waals surface area contributed by atoms with E-state index in [9.17, 15) is 0 Å². The molecule has 1 fully saturated rings. The molecule has 2 nitrogen and oxygen atoms in total. The molecule has 2 rings (SSSR count). The average molecular weight is 124 g/mol. The molecule has 0 aromatic rings. The predicted octanol–water partition coefficient (Wildman–Crippen LogP) is 1.44. The molecule has 0 aromatic carbocycles. The van der Waals surface area contributed by atoms with Crippen LogP contribution in [-0.2, 0) is 4.84 Å². The maximum Gasteiger partial charge on any atom is 0.136 e. The molecule has 1 aliphatic heterocycles. The molecule has 1 heterocycles. The summed E-state index contributed by atoms with van der Waals surface area (Å²) in [6, 6.07) is 0. The maximum absolute atomic E-state index is 5.07. The summed E-state index contributed by atoms with van der Waals surface area (Å²) in [4.78, 5) is 5.07. The second kappa shape index (κ2) is 2.01. The highest BCUT2D eigenvalue weighted by atomic mass is 16.6. The standard InChI is InChI=1S/C7H10NO/c1-2-4-7-6(3-1)5-8-9-7/h6-7H,1-4H2. The van der Waals surface area contributed by atoms with E-state index in [1.165, 1.54) is 25.7 Å². The Morgan fingerprint density at radius 1 is 1.33 bits per heavy atom. The third-order valence-corrected chi connectivity index (χ3v) is 2.11. The molecular formula is C7H10NO. The van der Waals surface area contributed by atoms with Crippen LogP contribution < -0.4 is 0 Å².